The van der Waals surface area contributed by atoms with E-state index in [-0.39, 0.29) is 22.6 Å². The summed E-state index contributed by atoms with van der Waals surface area (Å²) in [7, 11) is 0. The number of alkyl halides is 3. The van der Waals surface area contributed by atoms with Crippen LogP contribution in [0.25, 0.3) is 0 Å². The molecule has 0 aromatic carbocycles. The van der Waals surface area contributed by atoms with Crippen molar-refractivity contribution in [2.45, 2.75) is 11.2 Å². The highest BCUT2D eigenvalue weighted by Gasteiger charge is 2.30. The minimum absolute atomic E-state index is 0. The van der Waals surface area contributed by atoms with Crippen molar-refractivity contribution in [3.63, 3.8) is 0 Å². The molecular formula is C7H7ClF3N3S. The summed E-state index contributed by atoms with van der Waals surface area (Å²) in [4.78, 5) is 3.51. The first-order valence-corrected chi connectivity index (χ1v) is 4.26. The van der Waals surface area contributed by atoms with E-state index in [4.69, 9.17) is 11.1 Å². The predicted octanol–water partition coefficient (Wildman–Crippen LogP) is 2.51. The third kappa shape index (κ3) is 4.39. The molecule has 0 saturated heterocycles. The van der Waals surface area contributed by atoms with E-state index < -0.39 is 11.7 Å². The molecule has 1 heterocycles. The van der Waals surface area contributed by atoms with Gasteiger partial charge in [-0.3, -0.25) is 5.41 Å². The lowest BCUT2D eigenvalue weighted by molar-refractivity contribution is -0.137. The molecule has 0 unspecified atom stereocenters. The Kier molecular flexibility index (Phi) is 4.89. The van der Waals surface area contributed by atoms with E-state index >= 15 is 0 Å². The Bertz CT molecular complexity index is 338. The highest BCUT2D eigenvalue weighted by Crippen LogP contribution is 2.29. The van der Waals surface area contributed by atoms with Gasteiger partial charge in [0.1, 0.15) is 5.03 Å². The number of halogens is 4. The molecule has 0 fully saturated rings. The number of hydrogen-bond acceptors (Lipinski definition) is 3. The van der Waals surface area contributed by atoms with Crippen molar-refractivity contribution < 1.29 is 13.2 Å². The molecule has 3 N–H and O–H groups in total. The van der Waals surface area contributed by atoms with Gasteiger partial charge in [-0.05, 0) is 23.9 Å². The van der Waals surface area contributed by atoms with Crippen molar-refractivity contribution in [1.82, 2.24) is 4.98 Å². The van der Waals surface area contributed by atoms with Gasteiger partial charge in [0, 0.05) is 6.20 Å². The number of pyridine rings is 1. The van der Waals surface area contributed by atoms with Crippen molar-refractivity contribution >= 4 is 29.3 Å². The van der Waals surface area contributed by atoms with Crippen LogP contribution in [0.5, 0.6) is 0 Å². The molecule has 0 aliphatic rings. The third-order valence-corrected chi connectivity index (χ3v) is 1.95. The zero-order chi connectivity index (χ0) is 10.8. The van der Waals surface area contributed by atoms with E-state index in [1.807, 2.05) is 0 Å². The smallest absolute Gasteiger partial charge is 0.378 e. The molecule has 8 heteroatoms. The minimum atomic E-state index is -4.38. The van der Waals surface area contributed by atoms with Gasteiger partial charge >= 0.3 is 6.18 Å². The lowest BCUT2D eigenvalue weighted by atomic mass is 10.3. The van der Waals surface area contributed by atoms with Gasteiger partial charge < -0.3 is 5.73 Å². The van der Waals surface area contributed by atoms with Crippen LogP contribution in [0, 0.1) is 5.41 Å². The van der Waals surface area contributed by atoms with E-state index in [9.17, 15) is 13.2 Å². The summed E-state index contributed by atoms with van der Waals surface area (Å²) in [6.45, 7) is 0. The third-order valence-electron chi connectivity index (χ3n) is 1.28. The summed E-state index contributed by atoms with van der Waals surface area (Å²) in [5.41, 5.74) is 4.22. The lowest BCUT2D eigenvalue weighted by Gasteiger charge is -2.05. The number of rotatable bonds is 1. The first-order chi connectivity index (χ1) is 6.39. The maximum atomic E-state index is 12.1. The Labute approximate surface area is 94.2 Å². The van der Waals surface area contributed by atoms with Gasteiger partial charge in [-0.15, -0.1) is 12.4 Å². The maximum Gasteiger partial charge on any atom is 0.417 e. The molecule has 0 amide bonds. The van der Waals surface area contributed by atoms with Crippen LogP contribution in [0.1, 0.15) is 5.56 Å². The second-order valence-electron chi connectivity index (χ2n) is 2.35. The highest BCUT2D eigenvalue weighted by atomic mass is 35.5. The molecule has 84 valence electrons. The van der Waals surface area contributed by atoms with Crippen molar-refractivity contribution in [3.8, 4) is 0 Å². The molecule has 1 rings (SSSR count). The molecule has 1 aromatic heterocycles. The van der Waals surface area contributed by atoms with Gasteiger partial charge in [0.2, 0.25) is 0 Å². The average Bonchev–Trinajstić information content (AvgIpc) is 2.02. The summed E-state index contributed by atoms with van der Waals surface area (Å²) in [5.74, 6) is 0. The van der Waals surface area contributed by atoms with Crippen molar-refractivity contribution in [2.75, 3.05) is 0 Å². The second-order valence-corrected chi connectivity index (χ2v) is 3.41. The molecule has 0 atom stereocenters. The van der Waals surface area contributed by atoms with Gasteiger partial charge in [0.25, 0.3) is 0 Å². The first-order valence-electron chi connectivity index (χ1n) is 3.45. The molecule has 0 saturated carbocycles. The zero-order valence-electron chi connectivity index (χ0n) is 7.21. The van der Waals surface area contributed by atoms with Gasteiger partial charge in [0.15, 0.2) is 5.17 Å². The van der Waals surface area contributed by atoms with Crippen LogP contribution in [0.2, 0.25) is 0 Å². The van der Waals surface area contributed by atoms with E-state index in [0.29, 0.717) is 6.20 Å². The van der Waals surface area contributed by atoms with Crippen LogP contribution >= 0.6 is 24.2 Å². The number of nitrogens with one attached hydrogen (secondary N) is 1. The molecule has 0 aliphatic carbocycles. The van der Waals surface area contributed by atoms with E-state index in [1.165, 1.54) is 6.07 Å². The molecule has 15 heavy (non-hydrogen) atoms. The van der Waals surface area contributed by atoms with E-state index in [0.717, 1.165) is 17.8 Å². The van der Waals surface area contributed by atoms with Crippen molar-refractivity contribution in [2.24, 2.45) is 5.73 Å². The number of hydrogen-bond donors (Lipinski definition) is 2. The summed E-state index contributed by atoms with van der Waals surface area (Å²) in [6.07, 6.45) is -3.67. The Morgan fingerprint density at radius 1 is 1.40 bits per heavy atom. The van der Waals surface area contributed by atoms with Gasteiger partial charge in [-0.1, -0.05) is 0 Å². The van der Waals surface area contributed by atoms with Crippen LogP contribution in [0.3, 0.4) is 0 Å². The maximum absolute atomic E-state index is 12.1. The fourth-order valence-electron chi connectivity index (χ4n) is 0.721. The Balaban J connectivity index is 0.00000196. The van der Waals surface area contributed by atoms with Gasteiger partial charge in [-0.2, -0.15) is 13.2 Å². The number of thioether (sulfide) groups is 1. The van der Waals surface area contributed by atoms with Crippen LogP contribution in [0.15, 0.2) is 23.4 Å². The minimum Gasteiger partial charge on any atom is -0.378 e. The summed E-state index contributed by atoms with van der Waals surface area (Å²) >= 11 is 0.800. The van der Waals surface area contributed by atoms with Crippen molar-refractivity contribution in [1.29, 1.82) is 5.41 Å². The number of nitrogens with zero attached hydrogens (tertiary/aromatic N) is 1. The largest absolute Gasteiger partial charge is 0.417 e. The number of amidine groups is 1. The Hall–Kier alpha value is -0.950. The SMILES string of the molecule is Cl.N=C(N)Sc1ccc(C(F)(F)F)cn1. The normalized spacial score (nSPS) is 10.6. The molecule has 0 bridgehead atoms. The molecule has 0 spiro atoms. The molecule has 0 radical (unpaired) electrons. The molecule has 1 aromatic rings. The van der Waals surface area contributed by atoms with E-state index in [1.54, 1.807) is 0 Å². The van der Waals surface area contributed by atoms with Crippen LogP contribution < -0.4 is 5.73 Å². The number of aromatic nitrogens is 1. The fourth-order valence-corrected chi connectivity index (χ4v) is 1.19. The standard InChI is InChI=1S/C7H6F3N3S.ClH/c8-7(9,10)4-1-2-5(13-3-4)14-6(11)12;/h1-3H,(H3,11,12);1H. The molecular weight excluding hydrogens is 251 g/mol. The quantitative estimate of drug-likeness (QED) is 0.462. The Morgan fingerprint density at radius 3 is 2.33 bits per heavy atom. The fraction of sp³-hybridized carbons (Fsp3) is 0.143. The molecule has 0 aliphatic heterocycles. The van der Waals surface area contributed by atoms with Gasteiger partial charge in [-0.25, -0.2) is 4.98 Å². The molecule has 3 nitrogen and oxygen atoms in total. The van der Waals surface area contributed by atoms with E-state index in [2.05, 4.69) is 4.98 Å². The lowest BCUT2D eigenvalue weighted by Crippen LogP contribution is -2.06. The Morgan fingerprint density at radius 2 is 2.00 bits per heavy atom. The first kappa shape index (κ1) is 14.1. The van der Waals surface area contributed by atoms with Gasteiger partial charge in [0.05, 0.1) is 5.56 Å². The monoisotopic (exact) mass is 257 g/mol. The zero-order valence-corrected chi connectivity index (χ0v) is 8.84. The number of nitrogens with two attached hydrogens (primary N) is 1. The summed E-state index contributed by atoms with van der Waals surface area (Å²) in [5, 5.41) is 6.94. The topological polar surface area (TPSA) is 62.8 Å². The van der Waals surface area contributed by atoms with Crippen LogP contribution in [-0.2, 0) is 6.18 Å². The summed E-state index contributed by atoms with van der Waals surface area (Å²) in [6, 6.07) is 2.08. The van der Waals surface area contributed by atoms with Crippen LogP contribution in [0.4, 0.5) is 13.2 Å². The predicted molar refractivity (Wildman–Crippen MR) is 54.3 cm³/mol. The highest BCUT2D eigenvalue weighted by molar-refractivity contribution is 8.13. The second kappa shape index (κ2) is 5.22. The average molecular weight is 258 g/mol. The van der Waals surface area contributed by atoms with Crippen LogP contribution in [-0.4, -0.2) is 10.2 Å². The van der Waals surface area contributed by atoms with Crippen molar-refractivity contribution in [3.05, 3.63) is 23.9 Å². The summed E-state index contributed by atoms with van der Waals surface area (Å²) < 4.78 is 36.2.